The molecule has 3 saturated heterocycles. The van der Waals surface area contributed by atoms with Gasteiger partial charge >= 0.3 is 6.03 Å². The first kappa shape index (κ1) is 22.0. The molecule has 3 amide bonds. The lowest BCUT2D eigenvalue weighted by Gasteiger charge is -2.37. The Bertz CT molecular complexity index is 1090. The third-order valence-corrected chi connectivity index (χ3v) is 8.05. The predicted octanol–water partition coefficient (Wildman–Crippen LogP) is 2.94. The third kappa shape index (κ3) is 4.20. The van der Waals surface area contributed by atoms with Crippen molar-refractivity contribution in [2.24, 2.45) is 5.92 Å². The maximum absolute atomic E-state index is 14.3. The molecule has 3 aliphatic heterocycles. The van der Waals surface area contributed by atoms with Crippen molar-refractivity contribution in [1.82, 2.24) is 25.1 Å². The summed E-state index contributed by atoms with van der Waals surface area (Å²) >= 11 is 0. The lowest BCUT2D eigenvalue weighted by molar-refractivity contribution is -0.120. The minimum absolute atomic E-state index is 0.147. The first-order valence-electron chi connectivity index (χ1n) is 12.8. The number of piperidine rings is 2. The first-order valence-corrected chi connectivity index (χ1v) is 12.8. The van der Waals surface area contributed by atoms with Gasteiger partial charge in [0.1, 0.15) is 11.8 Å². The van der Waals surface area contributed by atoms with E-state index in [0.29, 0.717) is 31.5 Å². The molecule has 1 aliphatic carbocycles. The van der Waals surface area contributed by atoms with E-state index in [1.807, 2.05) is 0 Å². The molecule has 1 saturated carbocycles. The van der Waals surface area contributed by atoms with Gasteiger partial charge in [-0.05, 0) is 56.2 Å². The normalized spacial score (nSPS) is 27.4. The summed E-state index contributed by atoms with van der Waals surface area (Å²) in [4.78, 5) is 32.8. The van der Waals surface area contributed by atoms with Gasteiger partial charge in [0.15, 0.2) is 0 Å². The fourth-order valence-electron chi connectivity index (χ4n) is 5.89. The number of rotatable bonds is 5. The molecule has 9 heteroatoms. The van der Waals surface area contributed by atoms with Gasteiger partial charge < -0.3 is 14.8 Å². The number of amides is 3. The van der Waals surface area contributed by atoms with E-state index in [2.05, 4.69) is 32.4 Å². The van der Waals surface area contributed by atoms with Crippen LogP contribution in [-0.4, -0.2) is 71.8 Å². The Morgan fingerprint density at radius 2 is 1.91 bits per heavy atom. The number of carbonyl (C=O) groups excluding carboxylic acids is 2. The maximum atomic E-state index is 14.3. The molecule has 8 nitrogen and oxygen atoms in total. The molecule has 0 spiro atoms. The van der Waals surface area contributed by atoms with Crippen molar-refractivity contribution < 1.29 is 14.0 Å². The molecule has 5 heterocycles. The lowest BCUT2D eigenvalue weighted by Crippen LogP contribution is -2.49. The number of imide groups is 1. The first-order chi connectivity index (χ1) is 16.6. The van der Waals surface area contributed by atoms with Crippen LogP contribution in [0.3, 0.4) is 0 Å². The topological polar surface area (TPSA) is 82.5 Å². The van der Waals surface area contributed by atoms with Gasteiger partial charge in [-0.3, -0.25) is 15.0 Å². The highest BCUT2D eigenvalue weighted by Gasteiger charge is 2.33. The summed E-state index contributed by atoms with van der Waals surface area (Å²) in [5, 5.41) is 6.68. The minimum Gasteiger partial charge on any atom is -0.329 e. The number of alkyl halides is 1. The maximum Gasteiger partial charge on any atom is 0.328 e. The highest BCUT2D eigenvalue weighted by atomic mass is 19.1. The average molecular weight is 469 g/mol. The molecule has 6 rings (SSSR count). The molecule has 2 atom stereocenters. The van der Waals surface area contributed by atoms with Crippen molar-refractivity contribution >= 4 is 28.7 Å². The molecule has 0 radical (unpaired) electrons. The standard InChI is InChI=1S/C25H33FN6O2/c26-22-13-27-7-3-17(22)14-30-8-4-18(5-9-30)32-15-21(16-1-2-16)20-11-19(12-28-24(20)32)31-10-6-23(33)29-25(31)34/h11-12,15-18,22,27H,1-10,13-14H2,(H,29,33,34)/t17-,22+/m1/s1. The number of fused-ring (bicyclic) bond motifs is 1. The SMILES string of the molecule is O=C1CCN(c2cnc3c(c2)c(C2CC2)cn3C2CCN(C[C@H]3CCNC[C@@H]3F)CC2)C(=O)N1. The van der Waals surface area contributed by atoms with Crippen molar-refractivity contribution in [3.8, 4) is 0 Å². The van der Waals surface area contributed by atoms with Crippen LogP contribution in [0.4, 0.5) is 14.9 Å². The number of nitrogens with zero attached hydrogens (tertiary/aromatic N) is 4. The van der Waals surface area contributed by atoms with Gasteiger partial charge in [0, 0.05) is 62.7 Å². The molecule has 2 N–H and O–H groups in total. The zero-order valence-electron chi connectivity index (χ0n) is 19.5. The van der Waals surface area contributed by atoms with Crippen LogP contribution in [0.1, 0.15) is 56.0 Å². The van der Waals surface area contributed by atoms with Crippen molar-refractivity contribution in [1.29, 1.82) is 0 Å². The van der Waals surface area contributed by atoms with Gasteiger partial charge in [-0.2, -0.15) is 0 Å². The minimum atomic E-state index is -0.737. The van der Waals surface area contributed by atoms with Gasteiger partial charge in [0.25, 0.3) is 0 Å². The lowest BCUT2D eigenvalue weighted by atomic mass is 9.94. The van der Waals surface area contributed by atoms with E-state index >= 15 is 0 Å². The molecule has 0 unspecified atom stereocenters. The Morgan fingerprint density at radius 3 is 2.65 bits per heavy atom. The number of pyridine rings is 1. The number of halogens is 1. The molecule has 2 aromatic heterocycles. The molecular weight excluding hydrogens is 435 g/mol. The number of aromatic nitrogens is 2. The highest BCUT2D eigenvalue weighted by molar-refractivity contribution is 6.06. The fraction of sp³-hybridized carbons (Fsp3) is 0.640. The second kappa shape index (κ2) is 8.92. The van der Waals surface area contributed by atoms with E-state index in [0.717, 1.165) is 62.2 Å². The van der Waals surface area contributed by atoms with E-state index in [1.165, 1.54) is 18.4 Å². The largest absolute Gasteiger partial charge is 0.329 e. The van der Waals surface area contributed by atoms with Crippen LogP contribution < -0.4 is 15.5 Å². The molecule has 0 bridgehead atoms. The fourth-order valence-corrected chi connectivity index (χ4v) is 5.89. The molecule has 4 aliphatic rings. The van der Waals surface area contributed by atoms with Crippen molar-refractivity contribution in [3.05, 3.63) is 24.0 Å². The van der Waals surface area contributed by atoms with Crippen LogP contribution in [0.15, 0.2) is 18.5 Å². The van der Waals surface area contributed by atoms with E-state index in [-0.39, 0.29) is 17.9 Å². The van der Waals surface area contributed by atoms with Gasteiger partial charge in [-0.15, -0.1) is 0 Å². The van der Waals surface area contributed by atoms with Gasteiger partial charge in [-0.25, -0.2) is 14.2 Å². The van der Waals surface area contributed by atoms with Crippen LogP contribution in [0.2, 0.25) is 0 Å². The summed E-state index contributed by atoms with van der Waals surface area (Å²) in [6.45, 7) is 4.62. The number of anilines is 1. The quantitative estimate of drug-likeness (QED) is 0.705. The van der Waals surface area contributed by atoms with Crippen molar-refractivity contribution in [2.75, 3.05) is 44.2 Å². The molecule has 4 fully saturated rings. The van der Waals surface area contributed by atoms with Crippen LogP contribution in [-0.2, 0) is 4.79 Å². The van der Waals surface area contributed by atoms with E-state index < -0.39 is 6.17 Å². The van der Waals surface area contributed by atoms with Crippen LogP contribution in [0.25, 0.3) is 11.0 Å². The summed E-state index contributed by atoms with van der Waals surface area (Å²) in [5.41, 5.74) is 3.06. The number of hydrogen-bond donors (Lipinski definition) is 2. The molecular formula is C25H33FN6O2. The summed E-state index contributed by atoms with van der Waals surface area (Å²) in [7, 11) is 0. The second-order valence-corrected chi connectivity index (χ2v) is 10.4. The van der Waals surface area contributed by atoms with E-state index in [1.54, 1.807) is 11.1 Å². The Labute approximate surface area is 198 Å². The number of likely N-dealkylation sites (tertiary alicyclic amines) is 1. The van der Waals surface area contributed by atoms with Gasteiger partial charge in [0.2, 0.25) is 5.91 Å². The summed E-state index contributed by atoms with van der Waals surface area (Å²) in [6.07, 6.45) is 9.01. The Balaban J connectivity index is 1.20. The zero-order valence-corrected chi connectivity index (χ0v) is 19.5. The molecule has 34 heavy (non-hydrogen) atoms. The van der Waals surface area contributed by atoms with Crippen molar-refractivity contribution in [3.63, 3.8) is 0 Å². The van der Waals surface area contributed by atoms with Gasteiger partial charge in [0.05, 0.1) is 11.9 Å². The van der Waals surface area contributed by atoms with Crippen LogP contribution >= 0.6 is 0 Å². The summed E-state index contributed by atoms with van der Waals surface area (Å²) in [6, 6.07) is 2.09. The monoisotopic (exact) mass is 468 g/mol. The smallest absolute Gasteiger partial charge is 0.328 e. The Kier molecular flexibility index (Phi) is 5.77. The Morgan fingerprint density at radius 1 is 1.09 bits per heavy atom. The van der Waals surface area contributed by atoms with E-state index in [9.17, 15) is 14.0 Å². The number of carbonyl (C=O) groups is 2. The van der Waals surface area contributed by atoms with E-state index in [4.69, 9.17) is 4.98 Å². The van der Waals surface area contributed by atoms with Crippen LogP contribution in [0.5, 0.6) is 0 Å². The summed E-state index contributed by atoms with van der Waals surface area (Å²) in [5.74, 6) is 0.488. The van der Waals surface area contributed by atoms with Crippen LogP contribution in [0, 0.1) is 5.92 Å². The van der Waals surface area contributed by atoms with Gasteiger partial charge in [-0.1, -0.05) is 0 Å². The summed E-state index contributed by atoms with van der Waals surface area (Å²) < 4.78 is 16.6. The predicted molar refractivity (Wildman–Crippen MR) is 128 cm³/mol. The second-order valence-electron chi connectivity index (χ2n) is 10.4. The molecule has 182 valence electrons. The Hall–Kier alpha value is -2.52. The molecule has 0 aromatic carbocycles. The average Bonchev–Trinajstić information content (AvgIpc) is 3.61. The number of urea groups is 1. The molecule has 2 aromatic rings. The zero-order chi connectivity index (χ0) is 23.2. The highest BCUT2D eigenvalue weighted by Crippen LogP contribution is 2.45. The third-order valence-electron chi connectivity index (χ3n) is 8.05. The number of nitrogens with one attached hydrogen (secondary N) is 2. The van der Waals surface area contributed by atoms with Crippen molar-refractivity contribution in [2.45, 2.75) is 56.7 Å². The number of hydrogen-bond acceptors (Lipinski definition) is 5.